The lowest BCUT2D eigenvalue weighted by molar-refractivity contribution is -0.169. The third-order valence-corrected chi connectivity index (χ3v) is 11.4. The number of ether oxygens (including phenoxy) is 4. The normalized spacial score (nSPS) is 22.9. The predicted molar refractivity (Wildman–Crippen MR) is 202 cm³/mol. The number of nitrogens with two attached hydrogens (primary N) is 1. The predicted octanol–water partition coefficient (Wildman–Crippen LogP) is 3.71. The van der Waals surface area contributed by atoms with Crippen molar-refractivity contribution in [2.75, 3.05) is 20.4 Å². The summed E-state index contributed by atoms with van der Waals surface area (Å²) in [5.41, 5.74) is 6.58. The molecule has 15 nitrogen and oxygen atoms in total. The molecular weight excluding hydrogens is 722 g/mol. The van der Waals surface area contributed by atoms with E-state index in [0.717, 1.165) is 49.3 Å². The number of para-hydroxylation sites is 1. The zero-order chi connectivity index (χ0) is 39.8. The number of aromatic nitrogens is 1. The monoisotopic (exact) mass is 773 g/mol. The number of benzene rings is 2. The molecule has 3 amide bonds. The first kappa shape index (κ1) is 40.2. The van der Waals surface area contributed by atoms with Crippen LogP contribution in [0.4, 0.5) is 4.79 Å². The fraction of sp³-hybridized carbons (Fsp3) is 0.512. The van der Waals surface area contributed by atoms with Gasteiger partial charge in [-0.05, 0) is 79.9 Å². The SMILES string of the molecule is COC(=O)CC(N)C(=O)OCOC(=O)CCC(=O)NC(CNC(=O)C(C)(Cc1c[nH]c2ccccc12)NC(=O)OC1C2CC3CC(C2)CC1C3)c1ccccc1. The van der Waals surface area contributed by atoms with E-state index in [-0.39, 0.29) is 31.9 Å². The summed E-state index contributed by atoms with van der Waals surface area (Å²) in [4.78, 5) is 79.8. The second-order valence-electron chi connectivity index (χ2n) is 15.5. The molecular formula is C41H51N5O10. The van der Waals surface area contributed by atoms with E-state index in [1.165, 1.54) is 6.42 Å². The minimum atomic E-state index is -1.43. The van der Waals surface area contributed by atoms with Crippen LogP contribution in [0.15, 0.2) is 60.8 Å². The van der Waals surface area contributed by atoms with Crippen LogP contribution in [-0.2, 0) is 49.3 Å². The van der Waals surface area contributed by atoms with E-state index < -0.39 is 66.7 Å². The number of hydrogen-bond acceptors (Lipinski definition) is 11. The van der Waals surface area contributed by atoms with Crippen LogP contribution >= 0.6 is 0 Å². The standard InChI is InChI=1S/C41H51N5O10/c1-41(20-29-21-43-32-11-7-6-10-30(29)32,46-40(52)56-37-27-15-24-14-25(17-27)18-28(37)16-24)39(51)44-22-33(26-8-4-3-5-9-26)45-34(47)12-13-35(48)54-23-55-38(50)31(42)19-36(49)53-2/h3-11,21,24-25,27-28,31,33,37,43H,12-20,22-23,42H2,1-2H3,(H,44,51)(H,45,47)(H,46,52). The quantitative estimate of drug-likeness (QED) is 0.0757. The topological polar surface area (TPSA) is 217 Å². The molecule has 300 valence electrons. The van der Waals surface area contributed by atoms with Crippen LogP contribution in [0.2, 0.25) is 0 Å². The second kappa shape index (κ2) is 18.0. The van der Waals surface area contributed by atoms with E-state index in [4.69, 9.17) is 19.9 Å². The Bertz CT molecular complexity index is 1870. The molecule has 3 aromatic rings. The molecule has 2 aromatic carbocycles. The average Bonchev–Trinajstić information content (AvgIpc) is 3.58. The van der Waals surface area contributed by atoms with Crippen LogP contribution in [0.1, 0.15) is 75.5 Å². The van der Waals surface area contributed by atoms with Gasteiger partial charge in [0.1, 0.15) is 17.7 Å². The Hall–Kier alpha value is -5.44. The van der Waals surface area contributed by atoms with Gasteiger partial charge in [0.05, 0.1) is 26.0 Å². The van der Waals surface area contributed by atoms with Gasteiger partial charge in [-0.15, -0.1) is 0 Å². The van der Waals surface area contributed by atoms with Crippen molar-refractivity contribution in [3.8, 4) is 0 Å². The van der Waals surface area contributed by atoms with E-state index in [9.17, 15) is 28.8 Å². The number of H-pyrrole nitrogens is 1. The first-order valence-corrected chi connectivity index (χ1v) is 19.2. The molecule has 4 saturated carbocycles. The number of carbonyl (C=O) groups excluding carboxylic acids is 6. The molecule has 56 heavy (non-hydrogen) atoms. The molecule has 1 aromatic heterocycles. The van der Waals surface area contributed by atoms with Crippen LogP contribution in [-0.4, -0.2) is 78.9 Å². The highest BCUT2D eigenvalue weighted by atomic mass is 16.7. The van der Waals surface area contributed by atoms with Gasteiger partial charge in [-0.2, -0.15) is 0 Å². The van der Waals surface area contributed by atoms with E-state index in [1.54, 1.807) is 31.2 Å². The summed E-state index contributed by atoms with van der Waals surface area (Å²) >= 11 is 0. The molecule has 7 rings (SSSR count). The van der Waals surface area contributed by atoms with Gasteiger partial charge in [0.25, 0.3) is 0 Å². The number of methoxy groups -OCH3 is 1. The van der Waals surface area contributed by atoms with Crippen LogP contribution in [0.3, 0.4) is 0 Å². The molecule has 1 heterocycles. The summed E-state index contributed by atoms with van der Waals surface area (Å²) < 4.78 is 20.3. The number of amides is 3. The fourth-order valence-corrected chi connectivity index (χ4v) is 8.77. The van der Waals surface area contributed by atoms with Crippen LogP contribution < -0.4 is 21.7 Å². The maximum absolute atomic E-state index is 14.3. The maximum Gasteiger partial charge on any atom is 0.408 e. The molecule has 0 radical (unpaired) electrons. The summed E-state index contributed by atoms with van der Waals surface area (Å²) in [6, 6.07) is 14.8. The first-order chi connectivity index (χ1) is 26.9. The molecule has 4 bridgehead atoms. The highest BCUT2D eigenvalue weighted by molar-refractivity contribution is 5.92. The van der Waals surface area contributed by atoms with Crippen molar-refractivity contribution in [2.45, 2.75) is 88.4 Å². The third-order valence-electron chi connectivity index (χ3n) is 11.4. The zero-order valence-electron chi connectivity index (χ0n) is 31.8. The number of rotatable bonds is 17. The Kier molecular flexibility index (Phi) is 12.9. The molecule has 6 N–H and O–H groups in total. The van der Waals surface area contributed by atoms with Gasteiger partial charge in [0, 0.05) is 36.5 Å². The van der Waals surface area contributed by atoms with Crippen molar-refractivity contribution in [3.63, 3.8) is 0 Å². The number of esters is 3. The van der Waals surface area contributed by atoms with Crippen molar-refractivity contribution in [3.05, 3.63) is 71.9 Å². The number of nitrogens with one attached hydrogen (secondary N) is 4. The van der Waals surface area contributed by atoms with Crippen molar-refractivity contribution in [1.82, 2.24) is 20.9 Å². The highest BCUT2D eigenvalue weighted by Gasteiger charge is 2.50. The number of fused-ring (bicyclic) bond motifs is 1. The largest absolute Gasteiger partial charge is 0.469 e. The van der Waals surface area contributed by atoms with Crippen molar-refractivity contribution < 1.29 is 47.7 Å². The van der Waals surface area contributed by atoms with Gasteiger partial charge in [-0.3, -0.25) is 24.0 Å². The summed E-state index contributed by atoms with van der Waals surface area (Å²) in [5.74, 6) is -1.30. The van der Waals surface area contributed by atoms with Crippen LogP contribution in [0, 0.1) is 23.7 Å². The summed E-state index contributed by atoms with van der Waals surface area (Å²) in [5, 5.41) is 9.72. The maximum atomic E-state index is 14.3. The summed E-state index contributed by atoms with van der Waals surface area (Å²) in [6.45, 7) is 0.902. The van der Waals surface area contributed by atoms with Gasteiger partial charge in [0.2, 0.25) is 18.6 Å². The first-order valence-electron chi connectivity index (χ1n) is 19.2. The molecule has 4 fully saturated rings. The van der Waals surface area contributed by atoms with Crippen molar-refractivity contribution in [1.29, 1.82) is 0 Å². The molecule has 3 unspecified atom stereocenters. The van der Waals surface area contributed by atoms with Gasteiger partial charge >= 0.3 is 24.0 Å². The molecule has 0 aliphatic heterocycles. The Labute approximate surface area is 325 Å². The second-order valence-corrected chi connectivity index (χ2v) is 15.5. The van der Waals surface area contributed by atoms with Crippen LogP contribution in [0.25, 0.3) is 10.9 Å². The Morgan fingerprint density at radius 3 is 2.25 bits per heavy atom. The van der Waals surface area contributed by atoms with Crippen LogP contribution in [0.5, 0.6) is 0 Å². The molecule has 0 saturated heterocycles. The highest BCUT2D eigenvalue weighted by Crippen LogP contribution is 2.54. The lowest BCUT2D eigenvalue weighted by atomic mass is 9.55. The molecule has 3 atom stereocenters. The van der Waals surface area contributed by atoms with E-state index >= 15 is 0 Å². The van der Waals surface area contributed by atoms with E-state index in [0.29, 0.717) is 29.2 Å². The number of carbonyl (C=O) groups is 6. The van der Waals surface area contributed by atoms with Gasteiger partial charge in [0.15, 0.2) is 0 Å². The average molecular weight is 774 g/mol. The molecule has 0 spiro atoms. The summed E-state index contributed by atoms with van der Waals surface area (Å²) in [7, 11) is 1.15. The van der Waals surface area contributed by atoms with Gasteiger partial charge < -0.3 is 45.6 Å². The third kappa shape index (κ3) is 10.0. The number of alkyl carbamates (subject to hydrolysis) is 1. The lowest BCUT2D eigenvalue weighted by Gasteiger charge is -2.53. The van der Waals surface area contributed by atoms with Gasteiger partial charge in [-0.25, -0.2) is 4.79 Å². The molecule has 4 aliphatic carbocycles. The van der Waals surface area contributed by atoms with E-state index in [2.05, 4.69) is 25.7 Å². The lowest BCUT2D eigenvalue weighted by Crippen LogP contribution is -2.60. The smallest absolute Gasteiger partial charge is 0.408 e. The molecule has 15 heteroatoms. The number of aromatic amines is 1. The van der Waals surface area contributed by atoms with Gasteiger partial charge in [-0.1, -0.05) is 48.5 Å². The molecule has 4 aliphatic rings. The minimum absolute atomic E-state index is 0.0312. The summed E-state index contributed by atoms with van der Waals surface area (Å²) in [6.07, 6.45) is 5.82. The van der Waals surface area contributed by atoms with Crippen molar-refractivity contribution >= 4 is 46.7 Å². The zero-order valence-corrected chi connectivity index (χ0v) is 31.8. The number of hydrogen-bond donors (Lipinski definition) is 5. The Morgan fingerprint density at radius 1 is 0.875 bits per heavy atom. The van der Waals surface area contributed by atoms with E-state index in [1.807, 2.05) is 36.5 Å². The Balaban J connectivity index is 1.07. The minimum Gasteiger partial charge on any atom is -0.469 e. The fourth-order valence-electron chi connectivity index (χ4n) is 8.77. The van der Waals surface area contributed by atoms with Crippen molar-refractivity contribution in [2.24, 2.45) is 29.4 Å². The Morgan fingerprint density at radius 2 is 1.55 bits per heavy atom.